The average molecular weight is 557 g/mol. The van der Waals surface area contributed by atoms with Crippen LogP contribution in [0.15, 0.2) is 63.9 Å². The average Bonchev–Trinajstić information content (AvgIpc) is 3.20. The molecule has 218 valence electrons. The van der Waals surface area contributed by atoms with Gasteiger partial charge >= 0.3 is 6.02 Å². The molecule has 0 radical (unpaired) electrons. The molecule has 4 aliphatic rings. The Hall–Kier alpha value is -3.46. The molecule has 1 saturated carbocycles. The zero-order valence-corrected chi connectivity index (χ0v) is 24.8. The smallest absolute Gasteiger partial charge is 0.308 e. The molecular weight excluding hydrogens is 512 g/mol. The highest BCUT2D eigenvalue weighted by molar-refractivity contribution is 5.91. The summed E-state index contributed by atoms with van der Waals surface area (Å²) in [6.45, 7) is 8.92. The lowest BCUT2D eigenvalue weighted by molar-refractivity contribution is 0.0900. The van der Waals surface area contributed by atoms with Crippen LogP contribution >= 0.6 is 0 Å². The lowest BCUT2D eigenvalue weighted by Crippen LogP contribution is -2.56. The van der Waals surface area contributed by atoms with Crippen LogP contribution in [-0.2, 0) is 10.2 Å². The topological polar surface area (TPSA) is 104 Å². The summed E-state index contributed by atoms with van der Waals surface area (Å²) in [6, 6.07) is 15.7. The maximum Gasteiger partial charge on any atom is 0.308 e. The number of piperidine rings is 1. The monoisotopic (exact) mass is 556 g/mol. The van der Waals surface area contributed by atoms with Gasteiger partial charge in [-0.3, -0.25) is 20.3 Å². The SMILES string of the molecule is CNC1C(C)C(C2CCN(C(=NN)OCC(C)C)CC2)=NC2C3CCC2(c2ccc(-c4ccccc4)nc2)C=NN31. The first-order valence-electron chi connectivity index (χ1n) is 15.2. The Morgan fingerprint density at radius 2 is 1.93 bits per heavy atom. The van der Waals surface area contributed by atoms with E-state index in [2.05, 4.69) is 97.0 Å². The minimum Gasteiger partial charge on any atom is -0.464 e. The highest BCUT2D eigenvalue weighted by atomic mass is 16.5. The number of pyridine rings is 1. The van der Waals surface area contributed by atoms with E-state index in [0.29, 0.717) is 24.5 Å². The van der Waals surface area contributed by atoms with Gasteiger partial charge in [0.2, 0.25) is 0 Å². The molecule has 1 aromatic heterocycles. The number of nitrogens with zero attached hydrogens (tertiary/aromatic N) is 6. The fraction of sp³-hybridized carbons (Fsp3) is 0.562. The Morgan fingerprint density at radius 3 is 2.59 bits per heavy atom. The maximum atomic E-state index is 5.92. The highest BCUT2D eigenvalue weighted by Crippen LogP contribution is 2.49. The molecule has 1 aliphatic carbocycles. The number of nitrogens with two attached hydrogens (primary N) is 1. The molecular formula is C32H44N8O. The van der Waals surface area contributed by atoms with Crippen LogP contribution in [0.2, 0.25) is 0 Å². The van der Waals surface area contributed by atoms with Gasteiger partial charge in [0.1, 0.15) is 6.17 Å². The molecule has 4 heterocycles. The van der Waals surface area contributed by atoms with Crippen LogP contribution in [0.1, 0.15) is 52.0 Å². The fourth-order valence-electron chi connectivity index (χ4n) is 7.37. The Kier molecular flexibility index (Phi) is 7.72. The van der Waals surface area contributed by atoms with E-state index >= 15 is 0 Å². The lowest BCUT2D eigenvalue weighted by Gasteiger charge is -2.42. The summed E-state index contributed by atoms with van der Waals surface area (Å²) in [5, 5.41) is 15.0. The van der Waals surface area contributed by atoms with Gasteiger partial charge in [-0.05, 0) is 50.3 Å². The summed E-state index contributed by atoms with van der Waals surface area (Å²) in [5.74, 6) is 6.79. The van der Waals surface area contributed by atoms with Gasteiger partial charge in [0.05, 0.1) is 29.8 Å². The second kappa shape index (κ2) is 11.4. The van der Waals surface area contributed by atoms with Crippen molar-refractivity contribution in [3.63, 3.8) is 0 Å². The first-order chi connectivity index (χ1) is 19.9. The van der Waals surface area contributed by atoms with Crippen LogP contribution in [0.25, 0.3) is 11.3 Å². The van der Waals surface area contributed by atoms with Crippen molar-refractivity contribution in [1.82, 2.24) is 20.2 Å². The highest BCUT2D eigenvalue weighted by Gasteiger charge is 2.57. The number of amidine groups is 1. The van der Waals surface area contributed by atoms with Crippen molar-refractivity contribution in [1.29, 1.82) is 0 Å². The molecule has 3 aliphatic heterocycles. The van der Waals surface area contributed by atoms with Gasteiger partial charge in [0.25, 0.3) is 0 Å². The van der Waals surface area contributed by atoms with Crippen molar-refractivity contribution >= 4 is 17.9 Å². The summed E-state index contributed by atoms with van der Waals surface area (Å²) >= 11 is 0. The van der Waals surface area contributed by atoms with Crippen LogP contribution in [0.3, 0.4) is 0 Å². The van der Waals surface area contributed by atoms with E-state index in [1.165, 1.54) is 11.3 Å². The van der Waals surface area contributed by atoms with Crippen molar-refractivity contribution in [3.8, 4) is 11.3 Å². The molecule has 5 atom stereocenters. The van der Waals surface area contributed by atoms with Crippen molar-refractivity contribution < 1.29 is 4.74 Å². The van der Waals surface area contributed by atoms with Gasteiger partial charge in [0, 0.05) is 48.6 Å². The lowest BCUT2D eigenvalue weighted by atomic mass is 9.76. The first kappa shape index (κ1) is 27.7. The molecule has 4 bridgehead atoms. The molecule has 2 aromatic rings. The minimum atomic E-state index is -0.234. The molecule has 9 heteroatoms. The molecule has 1 saturated heterocycles. The minimum absolute atomic E-state index is 0.114. The fourth-order valence-corrected chi connectivity index (χ4v) is 7.37. The van der Waals surface area contributed by atoms with E-state index in [-0.39, 0.29) is 29.6 Å². The van der Waals surface area contributed by atoms with Crippen LogP contribution in [-0.4, -0.2) is 77.8 Å². The zero-order chi connectivity index (χ0) is 28.6. The largest absolute Gasteiger partial charge is 0.464 e. The van der Waals surface area contributed by atoms with Crippen LogP contribution < -0.4 is 11.2 Å². The Morgan fingerprint density at radius 1 is 1.15 bits per heavy atom. The number of hydrogen-bond donors (Lipinski definition) is 2. The van der Waals surface area contributed by atoms with Crippen LogP contribution in [0, 0.1) is 17.8 Å². The molecule has 0 spiro atoms. The standard InChI is InChI=1S/C32H44N8O/c1-21(2)19-41-31(38-33)39-16-13-24(14-17-39)28-22(3)30(34-4)40-27-12-15-32(20-36-40,29(27)37-28)25-10-11-26(35-18-25)23-8-6-5-7-9-23/h5-11,18,20-22,24,27,29-30,34H,12-17,19,33H2,1-4H3. The van der Waals surface area contributed by atoms with E-state index in [1.807, 2.05) is 6.07 Å². The summed E-state index contributed by atoms with van der Waals surface area (Å²) < 4.78 is 5.92. The third-order valence-electron chi connectivity index (χ3n) is 9.53. The number of hydrazone groups is 2. The maximum absolute atomic E-state index is 5.92. The van der Waals surface area contributed by atoms with Gasteiger partial charge < -0.3 is 15.5 Å². The zero-order valence-electron chi connectivity index (χ0n) is 24.8. The van der Waals surface area contributed by atoms with Crippen molar-refractivity contribution in [3.05, 3.63) is 54.2 Å². The van der Waals surface area contributed by atoms with Gasteiger partial charge in [0.15, 0.2) is 0 Å². The van der Waals surface area contributed by atoms with E-state index in [9.17, 15) is 0 Å². The number of aromatic nitrogens is 1. The summed E-state index contributed by atoms with van der Waals surface area (Å²) in [4.78, 5) is 12.8. The number of nitrogens with one attached hydrogen (secondary N) is 1. The molecule has 9 nitrogen and oxygen atoms in total. The van der Waals surface area contributed by atoms with Crippen molar-refractivity contribution in [2.75, 3.05) is 26.7 Å². The number of hydrogen-bond acceptors (Lipinski definition) is 8. The van der Waals surface area contributed by atoms with Gasteiger partial charge in [-0.1, -0.05) is 57.2 Å². The number of aliphatic imine (C=N–C) groups is 1. The molecule has 2 fully saturated rings. The first-order valence-corrected chi connectivity index (χ1v) is 15.2. The number of likely N-dealkylation sites (tertiary alicyclic amines) is 1. The molecule has 41 heavy (non-hydrogen) atoms. The van der Waals surface area contributed by atoms with Crippen molar-refractivity contribution in [2.24, 2.45) is 38.8 Å². The van der Waals surface area contributed by atoms with Gasteiger partial charge in [-0.15, -0.1) is 5.10 Å². The van der Waals surface area contributed by atoms with Crippen molar-refractivity contribution in [2.45, 2.75) is 70.1 Å². The quantitative estimate of drug-likeness (QED) is 0.241. The van der Waals surface area contributed by atoms with Crippen LogP contribution in [0.4, 0.5) is 0 Å². The number of ether oxygens (including phenoxy) is 1. The molecule has 6 rings (SSSR count). The second-order valence-electron chi connectivity index (χ2n) is 12.5. The normalized spacial score (nSPS) is 30.0. The Bertz CT molecular complexity index is 1280. The number of benzene rings is 1. The second-order valence-corrected chi connectivity index (χ2v) is 12.5. The van der Waals surface area contributed by atoms with E-state index in [1.54, 1.807) is 0 Å². The molecule has 0 amide bonds. The summed E-state index contributed by atoms with van der Waals surface area (Å²) in [5.41, 5.74) is 4.43. The molecule has 3 N–H and O–H groups in total. The Balaban J connectivity index is 1.28. The molecule has 1 aromatic carbocycles. The molecule has 5 unspecified atom stereocenters. The van der Waals surface area contributed by atoms with Gasteiger partial charge in [-0.25, -0.2) is 0 Å². The van der Waals surface area contributed by atoms with E-state index in [4.69, 9.17) is 25.7 Å². The third-order valence-corrected chi connectivity index (χ3v) is 9.53. The van der Waals surface area contributed by atoms with Crippen LogP contribution in [0.5, 0.6) is 0 Å². The van der Waals surface area contributed by atoms with E-state index in [0.717, 1.165) is 50.0 Å². The van der Waals surface area contributed by atoms with Gasteiger partial charge in [-0.2, -0.15) is 5.10 Å². The number of rotatable bonds is 6. The predicted molar refractivity (Wildman–Crippen MR) is 165 cm³/mol. The predicted octanol–water partition coefficient (Wildman–Crippen LogP) is 4.07. The van der Waals surface area contributed by atoms with E-state index < -0.39 is 0 Å². The Labute approximate surface area is 243 Å². The summed E-state index contributed by atoms with van der Waals surface area (Å²) in [6.07, 6.45) is 8.46. The third kappa shape index (κ3) is 4.98. The summed E-state index contributed by atoms with van der Waals surface area (Å²) in [7, 11) is 2.05.